The molecule has 7 nitrogen and oxygen atoms in total. The van der Waals surface area contributed by atoms with E-state index in [-0.39, 0.29) is 5.91 Å². The Bertz CT molecular complexity index is 726. The van der Waals surface area contributed by atoms with E-state index < -0.39 is 0 Å². The zero-order valence-electron chi connectivity index (χ0n) is 16.6. The Morgan fingerprint density at radius 3 is 2.46 bits per heavy atom. The van der Waals surface area contributed by atoms with Crippen LogP contribution >= 0.6 is 0 Å². The predicted molar refractivity (Wildman–Crippen MR) is 112 cm³/mol. The van der Waals surface area contributed by atoms with Gasteiger partial charge in [-0.2, -0.15) is 0 Å². The van der Waals surface area contributed by atoms with Gasteiger partial charge >= 0.3 is 0 Å². The average molecular weight is 383 g/mol. The fraction of sp³-hybridized carbons (Fsp3) is 0.524. The van der Waals surface area contributed by atoms with Crippen LogP contribution in [0.3, 0.4) is 0 Å². The Hall–Kier alpha value is -2.70. The van der Waals surface area contributed by atoms with Gasteiger partial charge in [-0.15, -0.1) is 10.2 Å². The molecule has 3 N–H and O–H groups in total. The summed E-state index contributed by atoms with van der Waals surface area (Å²) in [7, 11) is 0. The molecular weight excluding hydrogens is 352 g/mol. The molecule has 2 heterocycles. The summed E-state index contributed by atoms with van der Waals surface area (Å²) in [5.74, 6) is 2.94. The highest BCUT2D eigenvalue weighted by atomic mass is 16.1. The number of nitrogens with one attached hydrogen (secondary N) is 3. The number of aryl methyl sites for hydroxylation is 1. The van der Waals surface area contributed by atoms with E-state index >= 15 is 0 Å². The summed E-state index contributed by atoms with van der Waals surface area (Å²) in [6, 6.07) is 7.59. The van der Waals surface area contributed by atoms with Crippen LogP contribution in [0.15, 0.2) is 30.5 Å². The molecule has 0 radical (unpaired) electrons. The molecular formula is C21H30N6O. The molecule has 2 aromatic heterocycles. The van der Waals surface area contributed by atoms with Crippen molar-refractivity contribution >= 4 is 23.4 Å². The minimum Gasteiger partial charge on any atom is -0.367 e. The van der Waals surface area contributed by atoms with Crippen molar-refractivity contribution in [2.75, 3.05) is 23.7 Å². The van der Waals surface area contributed by atoms with Gasteiger partial charge in [0, 0.05) is 25.7 Å². The van der Waals surface area contributed by atoms with Gasteiger partial charge in [0.15, 0.2) is 5.82 Å². The van der Waals surface area contributed by atoms with E-state index in [0.717, 1.165) is 23.7 Å². The largest absolute Gasteiger partial charge is 0.367 e. The van der Waals surface area contributed by atoms with Crippen LogP contribution in [0.5, 0.6) is 0 Å². The highest BCUT2D eigenvalue weighted by Gasteiger charge is 2.14. The molecule has 150 valence electrons. The van der Waals surface area contributed by atoms with Crippen molar-refractivity contribution in [1.29, 1.82) is 0 Å². The van der Waals surface area contributed by atoms with Crippen LogP contribution < -0.4 is 16.0 Å². The number of rotatable bonds is 9. The maximum absolute atomic E-state index is 12.0. The van der Waals surface area contributed by atoms with Gasteiger partial charge in [0.05, 0.1) is 0 Å². The first-order valence-corrected chi connectivity index (χ1v) is 10.2. The SMILES string of the molecule is Cc1ccc(Nc2ccc(NCCNC(=O)CCC3CCCCC3)nn2)nc1. The van der Waals surface area contributed by atoms with Crippen molar-refractivity contribution in [3.8, 4) is 0 Å². The number of carbonyl (C=O) groups is 1. The first kappa shape index (κ1) is 20.0. The van der Waals surface area contributed by atoms with Crippen molar-refractivity contribution in [2.24, 2.45) is 5.92 Å². The standard InChI is InChI=1S/C21H30N6O/c1-16-7-9-18(24-15-16)25-20-11-10-19(26-27-20)22-13-14-23-21(28)12-8-17-5-3-2-4-6-17/h7,9-11,15,17H,2-6,8,12-14H2,1H3,(H,22,26)(H,23,28)(H,24,25,27). The fourth-order valence-electron chi connectivity index (χ4n) is 3.46. The van der Waals surface area contributed by atoms with Crippen molar-refractivity contribution in [3.05, 3.63) is 36.0 Å². The van der Waals surface area contributed by atoms with Gasteiger partial charge in [-0.05, 0) is 43.0 Å². The zero-order valence-corrected chi connectivity index (χ0v) is 16.6. The first-order valence-electron chi connectivity index (χ1n) is 10.2. The molecule has 0 atom stereocenters. The predicted octanol–water partition coefficient (Wildman–Crippen LogP) is 3.81. The molecule has 1 amide bonds. The van der Waals surface area contributed by atoms with Crippen molar-refractivity contribution in [2.45, 2.75) is 51.9 Å². The summed E-state index contributed by atoms with van der Waals surface area (Å²) in [6.07, 6.45) is 10.1. The maximum Gasteiger partial charge on any atom is 0.220 e. The average Bonchev–Trinajstić information content (AvgIpc) is 2.73. The molecule has 7 heteroatoms. The van der Waals surface area contributed by atoms with Crippen LogP contribution in [0, 0.1) is 12.8 Å². The molecule has 0 aromatic carbocycles. The van der Waals surface area contributed by atoms with Gasteiger partial charge in [-0.25, -0.2) is 4.98 Å². The van der Waals surface area contributed by atoms with Gasteiger partial charge in [-0.3, -0.25) is 4.79 Å². The van der Waals surface area contributed by atoms with Crippen molar-refractivity contribution < 1.29 is 4.79 Å². The Labute approximate surface area is 166 Å². The lowest BCUT2D eigenvalue weighted by Gasteiger charge is -2.20. The van der Waals surface area contributed by atoms with Crippen LogP contribution in [0.1, 0.15) is 50.5 Å². The normalized spacial score (nSPS) is 14.5. The maximum atomic E-state index is 12.0. The van der Waals surface area contributed by atoms with Gasteiger partial charge in [-0.1, -0.05) is 38.2 Å². The number of anilines is 3. The quantitative estimate of drug-likeness (QED) is 0.571. The van der Waals surface area contributed by atoms with Gasteiger partial charge in [0.2, 0.25) is 5.91 Å². The molecule has 1 fully saturated rings. The first-order chi connectivity index (χ1) is 13.7. The molecule has 2 aromatic rings. The Balaban J connectivity index is 1.31. The summed E-state index contributed by atoms with van der Waals surface area (Å²) < 4.78 is 0. The van der Waals surface area contributed by atoms with Crippen LogP contribution in [0.2, 0.25) is 0 Å². The molecule has 1 saturated carbocycles. The molecule has 0 aliphatic heterocycles. The third kappa shape index (κ3) is 6.79. The summed E-state index contributed by atoms with van der Waals surface area (Å²) in [5, 5.41) is 17.5. The van der Waals surface area contributed by atoms with Crippen LogP contribution in [-0.2, 0) is 4.79 Å². The minimum absolute atomic E-state index is 0.142. The van der Waals surface area contributed by atoms with Gasteiger partial charge in [0.1, 0.15) is 11.6 Å². The molecule has 1 aliphatic rings. The highest BCUT2D eigenvalue weighted by Crippen LogP contribution is 2.27. The molecule has 28 heavy (non-hydrogen) atoms. The Morgan fingerprint density at radius 1 is 1.00 bits per heavy atom. The molecule has 0 spiro atoms. The number of amides is 1. The minimum atomic E-state index is 0.142. The number of hydrogen-bond acceptors (Lipinski definition) is 6. The van der Waals surface area contributed by atoms with Gasteiger partial charge < -0.3 is 16.0 Å². The zero-order chi connectivity index (χ0) is 19.6. The third-order valence-electron chi connectivity index (χ3n) is 5.09. The molecule has 3 rings (SSSR count). The third-order valence-corrected chi connectivity index (χ3v) is 5.09. The van der Waals surface area contributed by atoms with E-state index in [1.165, 1.54) is 32.1 Å². The number of aromatic nitrogens is 3. The van der Waals surface area contributed by atoms with E-state index in [0.29, 0.717) is 31.1 Å². The second kappa shape index (κ2) is 10.6. The second-order valence-electron chi connectivity index (χ2n) is 7.47. The lowest BCUT2D eigenvalue weighted by atomic mass is 9.86. The number of nitrogens with zero attached hydrogens (tertiary/aromatic N) is 3. The van der Waals surface area contributed by atoms with E-state index in [9.17, 15) is 4.79 Å². The summed E-state index contributed by atoms with van der Waals surface area (Å²) in [5.41, 5.74) is 1.11. The number of pyridine rings is 1. The molecule has 0 unspecified atom stereocenters. The smallest absolute Gasteiger partial charge is 0.220 e. The monoisotopic (exact) mass is 382 g/mol. The lowest BCUT2D eigenvalue weighted by molar-refractivity contribution is -0.121. The van der Waals surface area contributed by atoms with E-state index in [4.69, 9.17) is 0 Å². The van der Waals surface area contributed by atoms with Crippen LogP contribution in [-0.4, -0.2) is 34.2 Å². The number of hydrogen-bond donors (Lipinski definition) is 3. The number of carbonyl (C=O) groups excluding carboxylic acids is 1. The second-order valence-corrected chi connectivity index (χ2v) is 7.47. The summed E-state index contributed by atoms with van der Waals surface area (Å²) >= 11 is 0. The molecule has 1 aliphatic carbocycles. The summed E-state index contributed by atoms with van der Waals surface area (Å²) in [6.45, 7) is 3.20. The fourth-order valence-corrected chi connectivity index (χ4v) is 3.46. The van der Waals surface area contributed by atoms with E-state index in [2.05, 4.69) is 31.1 Å². The van der Waals surface area contributed by atoms with E-state index in [1.807, 2.05) is 31.2 Å². The van der Waals surface area contributed by atoms with Gasteiger partial charge in [0.25, 0.3) is 0 Å². The van der Waals surface area contributed by atoms with E-state index in [1.54, 1.807) is 6.20 Å². The summed E-state index contributed by atoms with van der Waals surface area (Å²) in [4.78, 5) is 16.2. The topological polar surface area (TPSA) is 91.8 Å². The molecule has 0 bridgehead atoms. The van der Waals surface area contributed by atoms with Crippen LogP contribution in [0.4, 0.5) is 17.5 Å². The van der Waals surface area contributed by atoms with Crippen molar-refractivity contribution in [1.82, 2.24) is 20.5 Å². The highest BCUT2D eigenvalue weighted by molar-refractivity contribution is 5.75. The Morgan fingerprint density at radius 2 is 1.75 bits per heavy atom. The molecule has 0 saturated heterocycles. The Kier molecular flexibility index (Phi) is 7.58. The lowest BCUT2D eigenvalue weighted by Crippen LogP contribution is -2.29. The van der Waals surface area contributed by atoms with Crippen LogP contribution in [0.25, 0.3) is 0 Å². The van der Waals surface area contributed by atoms with Crippen molar-refractivity contribution in [3.63, 3.8) is 0 Å².